The number of fused-ring (bicyclic) bond motifs is 1. The number of benzene rings is 1. The molecule has 0 N–H and O–H groups in total. The van der Waals surface area contributed by atoms with Crippen molar-refractivity contribution in [3.8, 4) is 0 Å². The molecule has 2 rings (SSSR count). The molecule has 11 heavy (non-hydrogen) atoms. The molecule has 0 fully saturated rings. The molecule has 0 amide bonds. The minimum Gasteiger partial charge on any atom is -0.441 e. The molecule has 1 heterocycles. The highest BCUT2D eigenvalue weighted by Crippen LogP contribution is 2.19. The zero-order valence-electron chi connectivity index (χ0n) is 5.97. The summed E-state index contributed by atoms with van der Waals surface area (Å²) in [4.78, 5) is 4.12. The summed E-state index contributed by atoms with van der Waals surface area (Å²) < 4.78 is 5.25. The van der Waals surface area contributed by atoms with E-state index >= 15 is 0 Å². The molecular weight excluding hydrogens is 162 g/mol. The number of hydrogen-bond donors (Lipinski definition) is 0. The molecule has 0 bridgehead atoms. The zero-order chi connectivity index (χ0) is 7.84. The van der Waals surface area contributed by atoms with E-state index in [0.717, 1.165) is 11.1 Å². The molecule has 0 aliphatic rings. The van der Waals surface area contributed by atoms with Gasteiger partial charge in [0.05, 0.1) is 0 Å². The van der Waals surface area contributed by atoms with E-state index in [0.29, 0.717) is 10.9 Å². The number of aryl methyl sites for hydroxylation is 1. The second-order valence-electron chi connectivity index (χ2n) is 2.34. The van der Waals surface area contributed by atoms with Gasteiger partial charge in [-0.05, 0) is 18.2 Å². The van der Waals surface area contributed by atoms with E-state index in [1.165, 1.54) is 0 Å². The highest BCUT2D eigenvalue weighted by Gasteiger charge is 2.00. The molecule has 56 valence electrons. The fourth-order valence-corrected chi connectivity index (χ4v) is 1.18. The maximum absolute atomic E-state index is 5.75. The highest BCUT2D eigenvalue weighted by molar-refractivity contribution is 6.31. The summed E-state index contributed by atoms with van der Waals surface area (Å²) in [5.41, 5.74) is 1.60. The molecule has 0 saturated carbocycles. The van der Waals surface area contributed by atoms with Crippen molar-refractivity contribution in [1.29, 1.82) is 0 Å². The molecule has 0 saturated heterocycles. The van der Waals surface area contributed by atoms with Crippen molar-refractivity contribution in [2.75, 3.05) is 0 Å². The topological polar surface area (TPSA) is 26.0 Å². The number of rotatable bonds is 0. The van der Waals surface area contributed by atoms with Gasteiger partial charge in [-0.1, -0.05) is 11.6 Å². The lowest BCUT2D eigenvalue weighted by Gasteiger charge is -1.85. The summed E-state index contributed by atoms with van der Waals surface area (Å²) in [5.74, 6) is 0.669. The van der Waals surface area contributed by atoms with Crippen molar-refractivity contribution in [3.63, 3.8) is 0 Å². The number of hydrogen-bond acceptors (Lipinski definition) is 2. The van der Waals surface area contributed by atoms with Crippen LogP contribution >= 0.6 is 11.6 Å². The lowest BCUT2D eigenvalue weighted by molar-refractivity contribution is 0.561. The Morgan fingerprint density at radius 2 is 2.27 bits per heavy atom. The van der Waals surface area contributed by atoms with Gasteiger partial charge < -0.3 is 4.42 Å². The van der Waals surface area contributed by atoms with Crippen LogP contribution in [0.2, 0.25) is 5.02 Å². The molecule has 0 aliphatic carbocycles. The average molecular weight is 168 g/mol. The van der Waals surface area contributed by atoms with E-state index in [9.17, 15) is 0 Å². The zero-order valence-corrected chi connectivity index (χ0v) is 6.72. The molecule has 1 aromatic carbocycles. The number of oxazole rings is 1. The number of halogens is 1. The normalized spacial score (nSPS) is 10.7. The lowest BCUT2D eigenvalue weighted by Crippen LogP contribution is -1.67. The quantitative estimate of drug-likeness (QED) is 0.603. The van der Waals surface area contributed by atoms with E-state index in [1.54, 1.807) is 12.1 Å². The monoisotopic (exact) mass is 167 g/mol. The van der Waals surface area contributed by atoms with Crippen LogP contribution in [0, 0.1) is 6.92 Å². The van der Waals surface area contributed by atoms with Gasteiger partial charge in [-0.3, -0.25) is 0 Å². The Labute approximate surface area is 68.8 Å². The van der Waals surface area contributed by atoms with Gasteiger partial charge in [0.15, 0.2) is 11.5 Å². The van der Waals surface area contributed by atoms with Gasteiger partial charge in [-0.25, -0.2) is 4.98 Å². The first-order valence-corrected chi connectivity index (χ1v) is 3.66. The molecule has 0 radical (unpaired) electrons. The highest BCUT2D eigenvalue weighted by atomic mass is 35.5. The van der Waals surface area contributed by atoms with E-state index in [1.807, 2.05) is 13.0 Å². The fourth-order valence-electron chi connectivity index (χ4n) is 1.02. The summed E-state index contributed by atoms with van der Waals surface area (Å²) in [5, 5.41) is 0.686. The first-order valence-electron chi connectivity index (χ1n) is 3.28. The van der Waals surface area contributed by atoms with Crippen LogP contribution in [0.15, 0.2) is 22.6 Å². The van der Waals surface area contributed by atoms with E-state index in [4.69, 9.17) is 16.0 Å². The van der Waals surface area contributed by atoms with Crippen molar-refractivity contribution in [2.24, 2.45) is 0 Å². The van der Waals surface area contributed by atoms with Gasteiger partial charge >= 0.3 is 0 Å². The molecule has 0 atom stereocenters. The number of nitrogens with zero attached hydrogens (tertiary/aromatic N) is 1. The molecule has 2 nitrogen and oxygen atoms in total. The molecular formula is C8H6ClNO. The summed E-state index contributed by atoms with van der Waals surface area (Å²) in [6.07, 6.45) is 0. The third-order valence-electron chi connectivity index (χ3n) is 1.46. The second kappa shape index (κ2) is 2.24. The average Bonchev–Trinajstić information content (AvgIpc) is 2.27. The molecule has 0 unspecified atom stereocenters. The van der Waals surface area contributed by atoms with Gasteiger partial charge in [0, 0.05) is 11.9 Å². The Morgan fingerprint density at radius 1 is 1.45 bits per heavy atom. The second-order valence-corrected chi connectivity index (χ2v) is 2.78. The van der Waals surface area contributed by atoms with Gasteiger partial charge in [-0.2, -0.15) is 0 Å². The third-order valence-corrected chi connectivity index (χ3v) is 1.69. The van der Waals surface area contributed by atoms with Crippen LogP contribution in [0.4, 0.5) is 0 Å². The minimum atomic E-state index is 0.669. The van der Waals surface area contributed by atoms with Gasteiger partial charge in [0.2, 0.25) is 0 Å². The minimum absolute atomic E-state index is 0.669. The van der Waals surface area contributed by atoms with Crippen LogP contribution in [0.25, 0.3) is 11.1 Å². The summed E-state index contributed by atoms with van der Waals surface area (Å²) in [6.45, 7) is 1.81. The Morgan fingerprint density at radius 3 is 3.09 bits per heavy atom. The summed E-state index contributed by atoms with van der Waals surface area (Å²) in [7, 11) is 0. The molecule has 2 aromatic rings. The Bertz CT molecular complexity index is 394. The smallest absolute Gasteiger partial charge is 0.192 e. The van der Waals surface area contributed by atoms with Crippen molar-refractivity contribution in [1.82, 2.24) is 4.98 Å². The maximum Gasteiger partial charge on any atom is 0.192 e. The van der Waals surface area contributed by atoms with Crippen LogP contribution in [0.1, 0.15) is 5.89 Å². The maximum atomic E-state index is 5.75. The lowest BCUT2D eigenvalue weighted by atomic mass is 10.3. The van der Waals surface area contributed by atoms with E-state index in [2.05, 4.69) is 4.98 Å². The standard InChI is InChI=1S/C8H6ClNO/c1-5-10-7-4-6(9)2-3-8(7)11-5/h2-4H,1H3. The van der Waals surface area contributed by atoms with Crippen LogP contribution in [0.5, 0.6) is 0 Å². The predicted molar refractivity (Wildman–Crippen MR) is 43.8 cm³/mol. The van der Waals surface area contributed by atoms with Gasteiger partial charge in [-0.15, -0.1) is 0 Å². The summed E-state index contributed by atoms with van der Waals surface area (Å²) >= 11 is 5.75. The van der Waals surface area contributed by atoms with Crippen LogP contribution in [0.3, 0.4) is 0 Å². The van der Waals surface area contributed by atoms with Gasteiger partial charge in [0.25, 0.3) is 0 Å². The third kappa shape index (κ3) is 1.10. The van der Waals surface area contributed by atoms with E-state index in [-0.39, 0.29) is 0 Å². The first kappa shape index (κ1) is 6.68. The predicted octanol–water partition coefficient (Wildman–Crippen LogP) is 2.79. The largest absolute Gasteiger partial charge is 0.441 e. The van der Waals surface area contributed by atoms with Crippen molar-refractivity contribution in [2.45, 2.75) is 6.92 Å². The van der Waals surface area contributed by atoms with E-state index < -0.39 is 0 Å². The molecule has 0 aliphatic heterocycles. The first-order chi connectivity index (χ1) is 5.25. The van der Waals surface area contributed by atoms with Crippen molar-refractivity contribution >= 4 is 22.7 Å². The Hall–Kier alpha value is -1.02. The Kier molecular flexibility index (Phi) is 1.36. The van der Waals surface area contributed by atoms with Crippen molar-refractivity contribution in [3.05, 3.63) is 29.1 Å². The SMILES string of the molecule is Cc1nc2cc(Cl)ccc2o1. The number of aromatic nitrogens is 1. The van der Waals surface area contributed by atoms with Crippen LogP contribution in [-0.4, -0.2) is 4.98 Å². The van der Waals surface area contributed by atoms with Crippen LogP contribution < -0.4 is 0 Å². The van der Waals surface area contributed by atoms with Crippen molar-refractivity contribution < 1.29 is 4.42 Å². The molecule has 1 aromatic heterocycles. The molecule has 3 heteroatoms. The Balaban J connectivity index is 2.82. The summed E-state index contributed by atoms with van der Waals surface area (Å²) in [6, 6.07) is 5.39. The van der Waals surface area contributed by atoms with Gasteiger partial charge in [0.1, 0.15) is 5.52 Å². The fraction of sp³-hybridized carbons (Fsp3) is 0.125. The molecule has 0 spiro atoms. The van der Waals surface area contributed by atoms with Crippen LogP contribution in [-0.2, 0) is 0 Å².